The molecule has 5 rings (SSSR count). The van der Waals surface area contributed by atoms with Crippen LogP contribution < -0.4 is 16.4 Å². The van der Waals surface area contributed by atoms with Crippen molar-refractivity contribution in [2.24, 2.45) is 11.7 Å². The molecule has 1 aromatic carbocycles. The zero-order valence-electron chi connectivity index (χ0n) is 24.0. The lowest BCUT2D eigenvalue weighted by atomic mass is 9.65. The van der Waals surface area contributed by atoms with Gasteiger partial charge in [-0.25, -0.2) is 8.42 Å². The Bertz CT molecular complexity index is 1120. The van der Waals surface area contributed by atoms with Gasteiger partial charge in [-0.05, 0) is 88.8 Å². The summed E-state index contributed by atoms with van der Waals surface area (Å²) in [6.07, 6.45) is 8.84. The maximum atomic E-state index is 13.9. The molecule has 1 amide bonds. The first-order chi connectivity index (χ1) is 19.1. The van der Waals surface area contributed by atoms with E-state index >= 15 is 0 Å². The van der Waals surface area contributed by atoms with Crippen LogP contribution in [0.15, 0.2) is 24.3 Å². The zero-order chi connectivity index (χ0) is 28.5. The number of halogens is 1. The van der Waals surface area contributed by atoms with E-state index in [-0.39, 0.29) is 42.0 Å². The van der Waals surface area contributed by atoms with Gasteiger partial charge in [0, 0.05) is 41.7 Å². The van der Waals surface area contributed by atoms with Gasteiger partial charge in [0.1, 0.15) is 0 Å². The number of ether oxygens (including phenoxy) is 1. The number of fused-ring (bicyclic) bond motifs is 2. The largest absolute Gasteiger partial charge is 0.375 e. The normalized spacial score (nSPS) is 38.6. The third-order valence-electron chi connectivity index (χ3n) is 9.93. The van der Waals surface area contributed by atoms with E-state index in [1.807, 2.05) is 24.3 Å². The summed E-state index contributed by atoms with van der Waals surface area (Å²) in [5, 5.41) is 7.62. The van der Waals surface area contributed by atoms with E-state index in [1.54, 1.807) is 4.31 Å². The molecule has 3 aliphatic heterocycles. The second-order valence-electron chi connectivity index (χ2n) is 12.8. The molecule has 0 radical (unpaired) electrons. The summed E-state index contributed by atoms with van der Waals surface area (Å²) < 4.78 is 33.7. The van der Waals surface area contributed by atoms with Crippen LogP contribution in [0.5, 0.6) is 0 Å². The Morgan fingerprint density at radius 1 is 1.12 bits per heavy atom. The molecular weight excluding hydrogens is 548 g/mol. The quantitative estimate of drug-likeness (QED) is 0.443. The SMILES string of the molecule is CC1CC(c2ccc(Cl)cc2)(C(N)C(=O)NC2CCCCC2CCC2CNC3CCCS(=O)(=O)N2C3)CC(C)O1. The summed E-state index contributed by atoms with van der Waals surface area (Å²) in [7, 11) is -3.21. The maximum Gasteiger partial charge on any atom is 0.238 e. The van der Waals surface area contributed by atoms with Crippen LogP contribution in [0.2, 0.25) is 5.02 Å². The van der Waals surface area contributed by atoms with Gasteiger partial charge in [0.2, 0.25) is 15.9 Å². The van der Waals surface area contributed by atoms with E-state index in [9.17, 15) is 13.2 Å². The lowest BCUT2D eigenvalue weighted by Gasteiger charge is -2.47. The van der Waals surface area contributed by atoms with E-state index < -0.39 is 21.5 Å². The van der Waals surface area contributed by atoms with Crippen LogP contribution in [0, 0.1) is 5.92 Å². The van der Waals surface area contributed by atoms with Crippen molar-refractivity contribution in [2.75, 3.05) is 18.8 Å². The lowest BCUT2D eigenvalue weighted by molar-refractivity contribution is -0.129. The minimum atomic E-state index is -3.21. The Balaban J connectivity index is 1.28. The number of hydrogen-bond donors (Lipinski definition) is 3. The number of piperazine rings is 1. The smallest absolute Gasteiger partial charge is 0.238 e. The molecule has 8 unspecified atom stereocenters. The van der Waals surface area contributed by atoms with Crippen molar-refractivity contribution in [1.29, 1.82) is 0 Å². The summed E-state index contributed by atoms with van der Waals surface area (Å²) in [5.41, 5.74) is 7.38. The first-order valence-corrected chi connectivity index (χ1v) is 17.3. The molecule has 4 aliphatic rings. The van der Waals surface area contributed by atoms with Crippen LogP contribution in [0.3, 0.4) is 0 Å². The number of carbonyl (C=O) groups is 1. The van der Waals surface area contributed by atoms with Gasteiger partial charge in [-0.15, -0.1) is 0 Å². The highest BCUT2D eigenvalue weighted by Crippen LogP contribution is 2.42. The lowest BCUT2D eigenvalue weighted by Crippen LogP contribution is -2.60. The summed E-state index contributed by atoms with van der Waals surface area (Å²) in [6.45, 7) is 5.39. The molecule has 0 spiro atoms. The number of nitrogens with zero attached hydrogens (tertiary/aromatic N) is 1. The number of carbonyl (C=O) groups excluding carboxylic acids is 1. The maximum absolute atomic E-state index is 13.9. The molecule has 40 heavy (non-hydrogen) atoms. The van der Waals surface area contributed by atoms with Crippen molar-refractivity contribution in [2.45, 2.75) is 120 Å². The predicted octanol–water partition coefficient (Wildman–Crippen LogP) is 3.71. The highest BCUT2D eigenvalue weighted by atomic mass is 35.5. The second kappa shape index (κ2) is 12.6. The number of nitrogens with one attached hydrogen (secondary N) is 2. The molecule has 0 aromatic heterocycles. The van der Waals surface area contributed by atoms with E-state index in [0.717, 1.165) is 56.9 Å². The van der Waals surface area contributed by atoms with Crippen LogP contribution >= 0.6 is 11.6 Å². The van der Waals surface area contributed by atoms with Crippen LogP contribution in [0.4, 0.5) is 0 Å². The fraction of sp³-hybridized carbons (Fsp3) is 0.767. The Hall–Kier alpha value is -1.23. The summed E-state index contributed by atoms with van der Waals surface area (Å²) in [6, 6.07) is 7.34. The van der Waals surface area contributed by atoms with Crippen molar-refractivity contribution < 1.29 is 17.9 Å². The van der Waals surface area contributed by atoms with Crippen molar-refractivity contribution in [3.05, 3.63) is 34.9 Å². The standard InChI is InChI=1S/C30H47ClN4O4S/c1-20-16-30(17-21(2)39-20,23-10-12-24(31)13-11-23)28(32)29(36)34-27-8-4-3-6-22(27)9-14-26-18-33-25-7-5-15-40(37,38)35(26)19-25/h10-13,20-22,25-28,33H,3-9,14-19,32H2,1-2H3,(H,34,36). The molecule has 2 bridgehead atoms. The minimum absolute atomic E-state index is 0.0142. The number of sulfonamides is 1. The van der Waals surface area contributed by atoms with Gasteiger partial charge in [0.05, 0.1) is 24.0 Å². The second-order valence-corrected chi connectivity index (χ2v) is 15.3. The van der Waals surface area contributed by atoms with Gasteiger partial charge < -0.3 is 21.1 Å². The van der Waals surface area contributed by atoms with Crippen molar-refractivity contribution in [1.82, 2.24) is 14.9 Å². The van der Waals surface area contributed by atoms with E-state index in [0.29, 0.717) is 36.9 Å². The fourth-order valence-corrected chi connectivity index (χ4v) is 9.90. The highest BCUT2D eigenvalue weighted by Gasteiger charge is 2.48. The molecule has 10 heteroatoms. The molecule has 8 atom stereocenters. The Kier molecular flexibility index (Phi) is 9.49. The number of hydrogen-bond acceptors (Lipinski definition) is 6. The molecule has 224 valence electrons. The van der Waals surface area contributed by atoms with Gasteiger partial charge in [-0.3, -0.25) is 4.79 Å². The fourth-order valence-electron chi connectivity index (χ4n) is 7.97. The minimum Gasteiger partial charge on any atom is -0.375 e. The van der Waals surface area contributed by atoms with Gasteiger partial charge >= 0.3 is 0 Å². The van der Waals surface area contributed by atoms with Crippen molar-refractivity contribution in [3.63, 3.8) is 0 Å². The van der Waals surface area contributed by atoms with E-state index in [2.05, 4.69) is 24.5 Å². The van der Waals surface area contributed by atoms with Crippen molar-refractivity contribution in [3.8, 4) is 0 Å². The first kappa shape index (κ1) is 30.2. The molecule has 1 aliphatic carbocycles. The van der Waals surface area contributed by atoms with E-state index in [1.165, 1.54) is 0 Å². The molecule has 3 saturated heterocycles. The molecular formula is C30H47ClN4O4S. The average Bonchev–Trinajstić information content (AvgIpc) is 3.03. The molecule has 3 heterocycles. The monoisotopic (exact) mass is 594 g/mol. The first-order valence-electron chi connectivity index (χ1n) is 15.3. The Morgan fingerprint density at radius 2 is 1.82 bits per heavy atom. The van der Waals surface area contributed by atoms with Gasteiger partial charge in [-0.1, -0.05) is 36.6 Å². The van der Waals surface area contributed by atoms with Crippen molar-refractivity contribution >= 4 is 27.5 Å². The number of nitrogens with two attached hydrogens (primary N) is 1. The molecule has 1 aromatic rings. The molecule has 8 nitrogen and oxygen atoms in total. The predicted molar refractivity (Wildman–Crippen MR) is 159 cm³/mol. The number of benzene rings is 1. The molecule has 4 N–H and O–H groups in total. The van der Waals surface area contributed by atoms with Crippen LogP contribution in [-0.4, -0.2) is 73.8 Å². The summed E-state index contributed by atoms with van der Waals surface area (Å²) in [5.74, 6) is 0.459. The van der Waals surface area contributed by atoms with Crippen LogP contribution in [0.25, 0.3) is 0 Å². The molecule has 1 saturated carbocycles. The van der Waals surface area contributed by atoms with Gasteiger partial charge in [0.25, 0.3) is 0 Å². The Morgan fingerprint density at radius 3 is 2.55 bits per heavy atom. The highest BCUT2D eigenvalue weighted by molar-refractivity contribution is 7.89. The van der Waals surface area contributed by atoms with Crippen LogP contribution in [-0.2, 0) is 25.0 Å². The number of amides is 1. The summed E-state index contributed by atoms with van der Waals surface area (Å²) >= 11 is 6.20. The van der Waals surface area contributed by atoms with Gasteiger partial charge in [-0.2, -0.15) is 4.31 Å². The van der Waals surface area contributed by atoms with Crippen LogP contribution in [0.1, 0.15) is 83.6 Å². The zero-order valence-corrected chi connectivity index (χ0v) is 25.6. The average molecular weight is 595 g/mol. The van der Waals surface area contributed by atoms with Gasteiger partial charge in [0.15, 0.2) is 0 Å². The number of rotatable bonds is 7. The van der Waals surface area contributed by atoms with E-state index in [4.69, 9.17) is 22.1 Å². The third-order valence-corrected chi connectivity index (χ3v) is 12.2. The Labute approximate surface area is 245 Å². The topological polar surface area (TPSA) is 114 Å². The third kappa shape index (κ3) is 6.55. The summed E-state index contributed by atoms with van der Waals surface area (Å²) in [4.78, 5) is 13.9. The molecule has 4 fully saturated rings.